The van der Waals surface area contributed by atoms with Crippen molar-refractivity contribution in [2.45, 2.75) is 50.9 Å². The van der Waals surface area contributed by atoms with Gasteiger partial charge in [0.25, 0.3) is 0 Å². The highest BCUT2D eigenvalue weighted by Crippen LogP contribution is 2.53. The number of benzene rings is 1. The second-order valence-corrected chi connectivity index (χ2v) is 7.29. The summed E-state index contributed by atoms with van der Waals surface area (Å²) >= 11 is 0. The smallest absolute Gasteiger partial charge is 0.0621 e. The van der Waals surface area contributed by atoms with Crippen LogP contribution in [0, 0.1) is 30.1 Å². The van der Waals surface area contributed by atoms with Crippen LogP contribution in [0.4, 0.5) is 0 Å². The van der Waals surface area contributed by atoms with Gasteiger partial charge in [-0.25, -0.2) is 0 Å². The van der Waals surface area contributed by atoms with Crippen LogP contribution in [0.3, 0.4) is 0 Å². The van der Waals surface area contributed by atoms with Crippen LogP contribution in [0.5, 0.6) is 0 Å². The van der Waals surface area contributed by atoms with Crippen LogP contribution >= 0.6 is 0 Å². The van der Waals surface area contributed by atoms with Gasteiger partial charge in [0, 0.05) is 19.4 Å². The summed E-state index contributed by atoms with van der Waals surface area (Å²) in [6.45, 7) is 7.30. The molecule has 1 saturated carbocycles. The van der Waals surface area contributed by atoms with E-state index in [0.29, 0.717) is 30.1 Å². The fraction of sp³-hybridized carbons (Fsp3) is 0.571. The first-order valence-corrected chi connectivity index (χ1v) is 8.79. The normalized spacial score (nSPS) is 29.5. The quantitative estimate of drug-likeness (QED) is 0.725. The van der Waals surface area contributed by atoms with Crippen LogP contribution in [-0.4, -0.2) is 13.7 Å². The highest BCUT2D eigenvalue weighted by Gasteiger charge is 2.42. The Kier molecular flexibility index (Phi) is 4.87. The van der Waals surface area contributed by atoms with Gasteiger partial charge in [-0.3, -0.25) is 0 Å². The van der Waals surface area contributed by atoms with E-state index in [2.05, 4.69) is 37.8 Å². The Balaban J connectivity index is 1.97. The Morgan fingerprint density at radius 1 is 1.35 bits per heavy atom. The van der Waals surface area contributed by atoms with Gasteiger partial charge in [-0.2, -0.15) is 5.26 Å². The summed E-state index contributed by atoms with van der Waals surface area (Å²) in [4.78, 5) is 0. The molecule has 0 N–H and O–H groups in total. The first-order chi connectivity index (χ1) is 11.2. The monoisotopic (exact) mass is 309 g/mol. The number of methoxy groups -OCH3 is 1. The molecule has 2 nitrogen and oxygen atoms in total. The second-order valence-electron chi connectivity index (χ2n) is 7.29. The van der Waals surface area contributed by atoms with E-state index in [1.54, 1.807) is 7.11 Å². The van der Waals surface area contributed by atoms with Crippen molar-refractivity contribution in [1.82, 2.24) is 0 Å². The molecule has 0 heterocycles. The van der Waals surface area contributed by atoms with Crippen LogP contribution in [0.2, 0.25) is 0 Å². The van der Waals surface area contributed by atoms with Gasteiger partial charge in [0.05, 0.1) is 12.7 Å². The number of hydrogen-bond acceptors (Lipinski definition) is 2. The third-order valence-electron chi connectivity index (χ3n) is 5.91. The molecule has 4 atom stereocenters. The molecular weight excluding hydrogens is 282 g/mol. The lowest BCUT2D eigenvalue weighted by molar-refractivity contribution is 0.136. The molecule has 1 fully saturated rings. The minimum atomic E-state index is 0.478. The predicted octanol–water partition coefficient (Wildman–Crippen LogP) is 5.10. The van der Waals surface area contributed by atoms with Crippen LogP contribution < -0.4 is 0 Å². The van der Waals surface area contributed by atoms with E-state index in [9.17, 15) is 0 Å². The molecule has 0 unspecified atom stereocenters. The highest BCUT2D eigenvalue weighted by atomic mass is 16.5. The first-order valence-electron chi connectivity index (χ1n) is 8.79. The number of nitrogens with zero attached hydrogens (tertiary/aromatic N) is 1. The first kappa shape index (κ1) is 16.3. The summed E-state index contributed by atoms with van der Waals surface area (Å²) in [6, 6.07) is 9.29. The molecule has 2 aliphatic carbocycles. The second kappa shape index (κ2) is 6.89. The number of nitriles is 1. The van der Waals surface area contributed by atoms with Gasteiger partial charge in [0.15, 0.2) is 0 Å². The molecule has 0 aliphatic heterocycles. The van der Waals surface area contributed by atoms with Gasteiger partial charge >= 0.3 is 0 Å². The van der Waals surface area contributed by atoms with E-state index in [1.165, 1.54) is 35.1 Å². The van der Waals surface area contributed by atoms with E-state index in [-0.39, 0.29) is 0 Å². The zero-order valence-corrected chi connectivity index (χ0v) is 14.3. The standard InChI is InChI=1S/C21H27NO/c1-14-6-8-18-19-9-7-15(2)17(5-4-10-22)21(19)12-16(13-23-3)20(18)11-14/h6,8,11,16-17,19,21H,2,4-5,7,9,12-13H2,1,3H3/t16-,17+,19+,21-/m0/s1. The average Bonchev–Trinajstić information content (AvgIpc) is 2.54. The van der Waals surface area contributed by atoms with Crippen molar-refractivity contribution in [2.75, 3.05) is 13.7 Å². The Bertz CT molecular complexity index is 627. The SMILES string of the molecule is C=C1CC[C@@H]2c3ccc(C)cc3[C@H](COC)C[C@H]2[C@@H]1CCC#N. The maximum Gasteiger partial charge on any atom is 0.0621 e. The Hall–Kier alpha value is -1.59. The fourth-order valence-corrected chi connectivity index (χ4v) is 4.88. The number of hydrogen-bond donors (Lipinski definition) is 0. The third-order valence-corrected chi connectivity index (χ3v) is 5.91. The number of allylic oxidation sites excluding steroid dienone is 1. The largest absolute Gasteiger partial charge is 0.384 e. The van der Waals surface area contributed by atoms with Crippen LogP contribution in [0.15, 0.2) is 30.4 Å². The summed E-state index contributed by atoms with van der Waals surface area (Å²) in [7, 11) is 1.80. The molecule has 0 saturated heterocycles. The minimum absolute atomic E-state index is 0.478. The summed E-state index contributed by atoms with van der Waals surface area (Å²) < 4.78 is 5.53. The number of aryl methyl sites for hydroxylation is 1. The van der Waals surface area contributed by atoms with Crippen LogP contribution in [0.1, 0.15) is 60.6 Å². The highest BCUT2D eigenvalue weighted by molar-refractivity contribution is 5.41. The lowest BCUT2D eigenvalue weighted by Crippen LogP contribution is -2.35. The molecule has 2 aliphatic rings. The Morgan fingerprint density at radius 3 is 2.91 bits per heavy atom. The zero-order valence-electron chi connectivity index (χ0n) is 14.3. The summed E-state index contributed by atoms with van der Waals surface area (Å²) in [5.41, 5.74) is 5.74. The van der Waals surface area contributed by atoms with Gasteiger partial charge in [0.2, 0.25) is 0 Å². The van der Waals surface area contributed by atoms with Crippen molar-refractivity contribution in [2.24, 2.45) is 11.8 Å². The lowest BCUT2D eigenvalue weighted by atomic mass is 9.59. The fourth-order valence-electron chi connectivity index (χ4n) is 4.88. The average molecular weight is 309 g/mol. The molecule has 0 bridgehead atoms. The van der Waals surface area contributed by atoms with Crippen LogP contribution in [0.25, 0.3) is 0 Å². The van der Waals surface area contributed by atoms with Crippen molar-refractivity contribution in [3.05, 3.63) is 47.0 Å². The van der Waals surface area contributed by atoms with E-state index in [4.69, 9.17) is 10.00 Å². The number of ether oxygens (including phenoxy) is 1. The molecule has 0 amide bonds. The molecule has 3 rings (SSSR count). The molecule has 0 radical (unpaired) electrons. The summed E-state index contributed by atoms with van der Waals surface area (Å²) in [5.74, 6) is 2.24. The molecule has 1 aromatic rings. The third kappa shape index (κ3) is 3.08. The van der Waals surface area contributed by atoms with E-state index in [1.807, 2.05) is 0 Å². The summed E-state index contributed by atoms with van der Waals surface area (Å²) in [5, 5.41) is 9.00. The topological polar surface area (TPSA) is 33.0 Å². The number of fused-ring (bicyclic) bond motifs is 3. The molecule has 23 heavy (non-hydrogen) atoms. The molecule has 122 valence electrons. The van der Waals surface area contributed by atoms with Gasteiger partial charge in [-0.15, -0.1) is 0 Å². The van der Waals surface area contributed by atoms with Crippen molar-refractivity contribution in [1.29, 1.82) is 5.26 Å². The van der Waals surface area contributed by atoms with Crippen LogP contribution in [-0.2, 0) is 4.74 Å². The molecular formula is C21H27NO. The van der Waals surface area contributed by atoms with E-state index >= 15 is 0 Å². The maximum atomic E-state index is 9.00. The van der Waals surface area contributed by atoms with Crippen molar-refractivity contribution >= 4 is 0 Å². The van der Waals surface area contributed by atoms with Gasteiger partial charge in [-0.05, 0) is 61.5 Å². The van der Waals surface area contributed by atoms with Crippen molar-refractivity contribution in [3.63, 3.8) is 0 Å². The van der Waals surface area contributed by atoms with Gasteiger partial charge in [0.1, 0.15) is 0 Å². The van der Waals surface area contributed by atoms with E-state index in [0.717, 1.165) is 19.4 Å². The van der Waals surface area contributed by atoms with Gasteiger partial charge in [-0.1, -0.05) is 35.9 Å². The Morgan fingerprint density at radius 2 is 2.17 bits per heavy atom. The van der Waals surface area contributed by atoms with Gasteiger partial charge < -0.3 is 4.74 Å². The number of rotatable bonds is 4. The molecule has 1 aromatic carbocycles. The minimum Gasteiger partial charge on any atom is -0.384 e. The maximum absolute atomic E-state index is 9.00. The zero-order chi connectivity index (χ0) is 16.4. The Labute approximate surface area is 140 Å². The summed E-state index contributed by atoms with van der Waals surface area (Å²) in [6.07, 6.45) is 5.10. The lowest BCUT2D eigenvalue weighted by Gasteiger charge is -2.46. The van der Waals surface area contributed by atoms with Crippen molar-refractivity contribution in [3.8, 4) is 6.07 Å². The molecule has 0 spiro atoms. The predicted molar refractivity (Wildman–Crippen MR) is 93.4 cm³/mol. The molecule has 2 heteroatoms. The molecule has 0 aromatic heterocycles. The van der Waals surface area contributed by atoms with Crippen molar-refractivity contribution < 1.29 is 4.74 Å². The van der Waals surface area contributed by atoms with E-state index < -0.39 is 0 Å².